The Labute approximate surface area is 175 Å². The van der Waals surface area contributed by atoms with E-state index >= 15 is 0 Å². The molecule has 1 fully saturated rings. The lowest BCUT2D eigenvalue weighted by Crippen LogP contribution is -2.36. The van der Waals surface area contributed by atoms with Gasteiger partial charge in [0.2, 0.25) is 11.8 Å². The summed E-state index contributed by atoms with van der Waals surface area (Å²) in [4.78, 5) is 27.9. The van der Waals surface area contributed by atoms with Crippen molar-refractivity contribution in [2.75, 3.05) is 39.0 Å². The molecule has 7 nitrogen and oxygen atoms in total. The van der Waals surface area contributed by atoms with E-state index in [1.54, 1.807) is 34.1 Å². The van der Waals surface area contributed by atoms with E-state index in [-0.39, 0.29) is 24.8 Å². The largest absolute Gasteiger partial charge is 0.341 e. The first-order valence-corrected chi connectivity index (χ1v) is 11.3. The van der Waals surface area contributed by atoms with Crippen molar-refractivity contribution < 1.29 is 22.2 Å². The Morgan fingerprint density at radius 2 is 1.96 bits per heavy atom. The first-order chi connectivity index (χ1) is 13.2. The van der Waals surface area contributed by atoms with Crippen molar-refractivity contribution in [2.24, 2.45) is 0 Å². The summed E-state index contributed by atoms with van der Waals surface area (Å²) in [6, 6.07) is 5.08. The average molecular weight is 449 g/mol. The summed E-state index contributed by atoms with van der Waals surface area (Å²) >= 11 is 11.8. The number of halogens is 2. The van der Waals surface area contributed by atoms with Crippen molar-refractivity contribution in [3.63, 3.8) is 0 Å². The van der Waals surface area contributed by atoms with Crippen molar-refractivity contribution in [2.45, 2.75) is 12.8 Å². The molecule has 0 radical (unpaired) electrons. The van der Waals surface area contributed by atoms with Gasteiger partial charge >= 0.3 is 0 Å². The molecule has 1 saturated heterocycles. The number of nitrogens with zero attached hydrogens (tertiary/aromatic N) is 2. The monoisotopic (exact) mass is 448 g/mol. The van der Waals surface area contributed by atoms with Crippen LogP contribution in [0.1, 0.15) is 18.4 Å². The van der Waals surface area contributed by atoms with Gasteiger partial charge in [-0.25, -0.2) is 0 Å². The lowest BCUT2D eigenvalue weighted by molar-refractivity contribution is -0.130. The van der Waals surface area contributed by atoms with E-state index in [1.165, 1.54) is 6.08 Å². The predicted octanol–water partition coefficient (Wildman–Crippen LogP) is 2.43. The van der Waals surface area contributed by atoms with Gasteiger partial charge in [0.15, 0.2) is 0 Å². The third-order valence-corrected chi connectivity index (χ3v) is 5.47. The normalized spacial score (nSPS) is 15.9. The fourth-order valence-electron chi connectivity index (χ4n) is 2.68. The van der Waals surface area contributed by atoms with E-state index in [0.29, 0.717) is 42.6 Å². The number of benzene rings is 1. The summed E-state index contributed by atoms with van der Waals surface area (Å²) in [5.41, 5.74) is 0.751. The first kappa shape index (κ1) is 22.7. The SMILES string of the molecule is CS(=O)(=O)OCCCN1CCN(C(=O)/C=C/c2ccc(Cl)c(Cl)c2)CCC1=O. The Bertz CT molecular complexity index is 858. The van der Waals surface area contributed by atoms with Crippen molar-refractivity contribution in [1.29, 1.82) is 0 Å². The Morgan fingerprint density at radius 1 is 1.21 bits per heavy atom. The van der Waals surface area contributed by atoms with Crippen LogP contribution in [-0.4, -0.2) is 69.1 Å². The molecule has 0 N–H and O–H groups in total. The van der Waals surface area contributed by atoms with E-state index in [2.05, 4.69) is 4.18 Å². The van der Waals surface area contributed by atoms with Crippen LogP contribution in [0.15, 0.2) is 24.3 Å². The summed E-state index contributed by atoms with van der Waals surface area (Å²) in [7, 11) is -3.48. The minimum Gasteiger partial charge on any atom is -0.341 e. The van der Waals surface area contributed by atoms with E-state index in [0.717, 1.165) is 11.8 Å². The molecular formula is C18H22Cl2N2O5S. The molecule has 0 spiro atoms. The van der Waals surface area contributed by atoms with Gasteiger partial charge in [-0.15, -0.1) is 0 Å². The van der Waals surface area contributed by atoms with Crippen molar-refractivity contribution in [3.05, 3.63) is 39.9 Å². The van der Waals surface area contributed by atoms with Crippen LogP contribution in [0.5, 0.6) is 0 Å². The highest BCUT2D eigenvalue weighted by atomic mass is 35.5. The lowest BCUT2D eigenvalue weighted by Gasteiger charge is -2.21. The molecule has 28 heavy (non-hydrogen) atoms. The Morgan fingerprint density at radius 3 is 2.64 bits per heavy atom. The van der Waals surface area contributed by atoms with Crippen LogP contribution in [0.2, 0.25) is 10.0 Å². The van der Waals surface area contributed by atoms with Gasteiger partial charge in [0, 0.05) is 38.7 Å². The van der Waals surface area contributed by atoms with Gasteiger partial charge in [-0.05, 0) is 30.2 Å². The quantitative estimate of drug-likeness (QED) is 0.363. The fourth-order valence-corrected chi connectivity index (χ4v) is 3.41. The van der Waals surface area contributed by atoms with Gasteiger partial charge in [0.25, 0.3) is 10.1 Å². The molecule has 1 aromatic carbocycles. The highest BCUT2D eigenvalue weighted by Gasteiger charge is 2.22. The van der Waals surface area contributed by atoms with Crippen molar-refractivity contribution in [3.8, 4) is 0 Å². The second-order valence-electron chi connectivity index (χ2n) is 6.34. The van der Waals surface area contributed by atoms with Crippen LogP contribution in [0, 0.1) is 0 Å². The standard InChI is InChI=1S/C18H22Cl2N2O5S/c1-28(25,26)27-12-2-8-21-10-11-22(9-7-18(21)24)17(23)6-4-14-3-5-15(19)16(20)13-14/h3-6,13H,2,7-12H2,1H3/b6-4+. The molecule has 1 aliphatic heterocycles. The van der Waals surface area contributed by atoms with Crippen LogP contribution in [0.3, 0.4) is 0 Å². The summed E-state index contributed by atoms with van der Waals surface area (Å²) < 4.78 is 26.6. The lowest BCUT2D eigenvalue weighted by atomic mass is 10.2. The second-order valence-corrected chi connectivity index (χ2v) is 8.80. The molecule has 0 atom stereocenters. The first-order valence-electron chi connectivity index (χ1n) is 8.70. The topological polar surface area (TPSA) is 84.0 Å². The highest BCUT2D eigenvalue weighted by molar-refractivity contribution is 7.85. The average Bonchev–Trinajstić information content (AvgIpc) is 2.80. The second kappa shape index (κ2) is 10.2. The molecule has 0 bridgehead atoms. The van der Waals surface area contributed by atoms with E-state index in [1.807, 2.05) is 0 Å². The maximum Gasteiger partial charge on any atom is 0.264 e. The van der Waals surface area contributed by atoms with Gasteiger partial charge in [-0.2, -0.15) is 8.42 Å². The van der Waals surface area contributed by atoms with Gasteiger partial charge in [0.1, 0.15) is 0 Å². The maximum absolute atomic E-state index is 12.4. The Balaban J connectivity index is 1.87. The maximum atomic E-state index is 12.4. The van der Waals surface area contributed by atoms with Crippen molar-refractivity contribution in [1.82, 2.24) is 9.80 Å². The molecule has 0 unspecified atom stereocenters. The predicted molar refractivity (Wildman–Crippen MR) is 109 cm³/mol. The zero-order chi connectivity index (χ0) is 20.7. The van der Waals surface area contributed by atoms with Gasteiger partial charge < -0.3 is 9.80 Å². The van der Waals surface area contributed by atoms with E-state index in [4.69, 9.17) is 23.2 Å². The zero-order valence-corrected chi connectivity index (χ0v) is 17.8. The molecule has 0 aromatic heterocycles. The molecule has 2 amide bonds. The molecule has 0 aliphatic carbocycles. The van der Waals surface area contributed by atoms with Gasteiger partial charge in [-0.1, -0.05) is 29.3 Å². The highest BCUT2D eigenvalue weighted by Crippen LogP contribution is 2.23. The molecule has 1 aliphatic rings. The fraction of sp³-hybridized carbons (Fsp3) is 0.444. The summed E-state index contributed by atoms with van der Waals surface area (Å²) in [6.45, 7) is 1.54. The van der Waals surface area contributed by atoms with Crippen LogP contribution < -0.4 is 0 Å². The zero-order valence-electron chi connectivity index (χ0n) is 15.4. The molecule has 10 heteroatoms. The minimum absolute atomic E-state index is 0.0254. The van der Waals surface area contributed by atoms with Gasteiger partial charge in [-0.3, -0.25) is 13.8 Å². The van der Waals surface area contributed by atoms with Crippen LogP contribution in [0.4, 0.5) is 0 Å². The molecule has 1 aromatic rings. The number of hydrogen-bond donors (Lipinski definition) is 0. The number of carbonyl (C=O) groups is 2. The Hall–Kier alpha value is -1.61. The molecule has 154 valence electrons. The van der Waals surface area contributed by atoms with Gasteiger partial charge in [0.05, 0.1) is 22.9 Å². The van der Waals surface area contributed by atoms with Crippen molar-refractivity contribution >= 4 is 51.2 Å². The third kappa shape index (κ3) is 7.43. The third-order valence-electron chi connectivity index (χ3n) is 4.13. The molecule has 1 heterocycles. The van der Waals surface area contributed by atoms with Crippen LogP contribution >= 0.6 is 23.2 Å². The van der Waals surface area contributed by atoms with Crippen LogP contribution in [0.25, 0.3) is 6.08 Å². The van der Waals surface area contributed by atoms with Crippen LogP contribution in [-0.2, 0) is 23.9 Å². The van der Waals surface area contributed by atoms with E-state index < -0.39 is 10.1 Å². The molecule has 2 rings (SSSR count). The smallest absolute Gasteiger partial charge is 0.264 e. The minimum atomic E-state index is -3.48. The number of rotatable bonds is 7. The number of carbonyl (C=O) groups excluding carboxylic acids is 2. The van der Waals surface area contributed by atoms with E-state index in [9.17, 15) is 18.0 Å². The summed E-state index contributed by atoms with van der Waals surface area (Å²) in [6.07, 6.45) is 4.71. The molecule has 0 saturated carbocycles. The number of hydrogen-bond acceptors (Lipinski definition) is 5. The summed E-state index contributed by atoms with van der Waals surface area (Å²) in [5, 5.41) is 0.852. The number of amides is 2. The Kier molecular flexibility index (Phi) is 8.30. The summed E-state index contributed by atoms with van der Waals surface area (Å²) in [5.74, 6) is -0.260. The molecular weight excluding hydrogens is 427 g/mol.